The van der Waals surface area contributed by atoms with E-state index in [1.54, 1.807) is 0 Å². The summed E-state index contributed by atoms with van der Waals surface area (Å²) in [7, 11) is -3.97. The number of halogens is 2. The average Bonchev–Trinajstić information content (AvgIpc) is 2.50. The fourth-order valence-electron chi connectivity index (χ4n) is 2.54. The van der Waals surface area contributed by atoms with E-state index in [0.29, 0.717) is 32.5 Å². The third-order valence-electron chi connectivity index (χ3n) is 3.86. The number of hydrogen-bond donors (Lipinski definition) is 2. The molecule has 0 radical (unpaired) electrons. The highest BCUT2D eigenvalue weighted by molar-refractivity contribution is 7.89. The van der Waals surface area contributed by atoms with Gasteiger partial charge < -0.3 is 11.1 Å². The van der Waals surface area contributed by atoms with E-state index < -0.39 is 26.6 Å². The van der Waals surface area contributed by atoms with Gasteiger partial charge in [-0.3, -0.25) is 4.79 Å². The van der Waals surface area contributed by atoms with E-state index in [2.05, 4.69) is 5.32 Å². The van der Waals surface area contributed by atoms with E-state index in [1.165, 1.54) is 11.2 Å². The zero-order chi connectivity index (χ0) is 17.2. The molecule has 23 heavy (non-hydrogen) atoms. The number of anilines is 1. The highest BCUT2D eigenvalue weighted by atomic mass is 35.5. The Bertz CT molecular complexity index is 703. The minimum atomic E-state index is -3.97. The molecule has 0 atom stereocenters. The molecule has 3 N–H and O–H groups in total. The Labute approximate surface area is 139 Å². The molecule has 1 heterocycles. The second kappa shape index (κ2) is 7.12. The fraction of sp³-hybridized carbons (Fsp3) is 0.500. The monoisotopic (exact) mass is 363 g/mol. The van der Waals surface area contributed by atoms with Crippen LogP contribution >= 0.6 is 11.6 Å². The van der Waals surface area contributed by atoms with Gasteiger partial charge in [0.2, 0.25) is 15.9 Å². The summed E-state index contributed by atoms with van der Waals surface area (Å²) >= 11 is 5.96. The first-order valence-electron chi connectivity index (χ1n) is 7.22. The van der Waals surface area contributed by atoms with Gasteiger partial charge in [0, 0.05) is 26.1 Å². The Balaban J connectivity index is 2.30. The number of amides is 1. The van der Waals surface area contributed by atoms with Gasteiger partial charge in [0.15, 0.2) is 0 Å². The second-order valence-corrected chi connectivity index (χ2v) is 7.84. The second-order valence-electron chi connectivity index (χ2n) is 5.53. The minimum absolute atomic E-state index is 0.0305. The lowest BCUT2D eigenvalue weighted by Crippen LogP contribution is -2.40. The molecule has 6 nitrogen and oxygen atoms in total. The van der Waals surface area contributed by atoms with Crippen LogP contribution in [0.3, 0.4) is 0 Å². The maximum absolute atomic E-state index is 14.2. The number of benzene rings is 1. The molecule has 2 rings (SSSR count). The van der Waals surface area contributed by atoms with Gasteiger partial charge in [-0.15, -0.1) is 0 Å². The Morgan fingerprint density at radius 2 is 2.04 bits per heavy atom. The Hall–Kier alpha value is -1.22. The summed E-state index contributed by atoms with van der Waals surface area (Å²) in [6.07, 6.45) is 1.30. The summed E-state index contributed by atoms with van der Waals surface area (Å²) in [6.45, 7) is 2.36. The summed E-state index contributed by atoms with van der Waals surface area (Å²) < 4.78 is 40.7. The Morgan fingerprint density at radius 1 is 1.43 bits per heavy atom. The number of nitrogens with one attached hydrogen (secondary N) is 1. The van der Waals surface area contributed by atoms with Crippen molar-refractivity contribution in [2.75, 3.05) is 25.0 Å². The zero-order valence-electron chi connectivity index (χ0n) is 12.7. The van der Waals surface area contributed by atoms with Crippen molar-refractivity contribution in [3.63, 3.8) is 0 Å². The normalized spacial score (nSPS) is 17.2. The van der Waals surface area contributed by atoms with Gasteiger partial charge in [-0.1, -0.05) is 11.6 Å². The smallest absolute Gasteiger partial charge is 0.246 e. The molecule has 1 amide bonds. The average molecular weight is 364 g/mol. The van der Waals surface area contributed by atoms with Crippen LogP contribution in [0.1, 0.15) is 19.8 Å². The summed E-state index contributed by atoms with van der Waals surface area (Å²) in [4.78, 5) is 10.6. The molecule has 0 unspecified atom stereocenters. The van der Waals surface area contributed by atoms with Crippen LogP contribution in [0, 0.1) is 11.7 Å². The quantitative estimate of drug-likeness (QED) is 0.853. The Kier molecular flexibility index (Phi) is 5.61. The minimum Gasteiger partial charge on any atom is -0.330 e. The first-order chi connectivity index (χ1) is 10.8. The van der Waals surface area contributed by atoms with E-state index in [1.807, 2.05) is 0 Å². The topological polar surface area (TPSA) is 92.5 Å². The lowest BCUT2D eigenvalue weighted by atomic mass is 9.99. The van der Waals surface area contributed by atoms with Gasteiger partial charge >= 0.3 is 0 Å². The van der Waals surface area contributed by atoms with E-state index in [-0.39, 0.29) is 16.6 Å². The van der Waals surface area contributed by atoms with Gasteiger partial charge in [-0.05, 0) is 31.4 Å². The van der Waals surface area contributed by atoms with Gasteiger partial charge in [-0.25, -0.2) is 12.8 Å². The van der Waals surface area contributed by atoms with Crippen molar-refractivity contribution < 1.29 is 17.6 Å². The van der Waals surface area contributed by atoms with Crippen molar-refractivity contribution in [1.82, 2.24) is 4.31 Å². The van der Waals surface area contributed by atoms with Crippen LogP contribution in [0.4, 0.5) is 10.1 Å². The molecular formula is C14H19ClFN3O3S. The lowest BCUT2D eigenvalue weighted by Gasteiger charge is -2.30. The highest BCUT2D eigenvalue weighted by Gasteiger charge is 2.31. The third kappa shape index (κ3) is 4.00. The van der Waals surface area contributed by atoms with Gasteiger partial charge in [0.05, 0.1) is 10.7 Å². The summed E-state index contributed by atoms with van der Waals surface area (Å²) in [5.41, 5.74) is 5.63. The predicted octanol–water partition coefficient (Wildman–Crippen LogP) is 1.80. The molecule has 1 aromatic rings. The number of rotatable bonds is 4. The SMILES string of the molecule is CC(=O)Nc1cc(F)c(S(=O)(=O)N2CCC(CN)CC2)cc1Cl. The van der Waals surface area contributed by atoms with Gasteiger partial charge in [-0.2, -0.15) is 4.31 Å². The number of carbonyl (C=O) groups excluding carboxylic acids is 1. The largest absolute Gasteiger partial charge is 0.330 e. The maximum atomic E-state index is 14.2. The molecule has 0 aliphatic carbocycles. The first-order valence-corrected chi connectivity index (χ1v) is 9.04. The van der Waals surface area contributed by atoms with Crippen LogP contribution in [0.15, 0.2) is 17.0 Å². The molecule has 0 aromatic heterocycles. The summed E-state index contributed by atoms with van der Waals surface area (Å²) in [5.74, 6) is -1.08. The number of nitrogens with two attached hydrogens (primary N) is 1. The maximum Gasteiger partial charge on any atom is 0.246 e. The van der Waals surface area contributed by atoms with Crippen molar-refractivity contribution in [3.05, 3.63) is 23.0 Å². The fourth-order valence-corrected chi connectivity index (χ4v) is 4.35. The van der Waals surface area contributed by atoms with Crippen molar-refractivity contribution in [3.8, 4) is 0 Å². The van der Waals surface area contributed by atoms with Gasteiger partial charge in [0.1, 0.15) is 10.7 Å². The van der Waals surface area contributed by atoms with Crippen LogP contribution < -0.4 is 11.1 Å². The zero-order valence-corrected chi connectivity index (χ0v) is 14.3. The van der Waals surface area contributed by atoms with Crippen molar-refractivity contribution in [1.29, 1.82) is 0 Å². The van der Waals surface area contributed by atoms with E-state index in [0.717, 1.165) is 12.1 Å². The first kappa shape index (κ1) is 18.1. The molecule has 0 bridgehead atoms. The van der Waals surface area contributed by atoms with E-state index in [9.17, 15) is 17.6 Å². The van der Waals surface area contributed by atoms with Gasteiger partial charge in [0.25, 0.3) is 0 Å². The molecule has 128 valence electrons. The van der Waals surface area contributed by atoms with Crippen LogP contribution in [-0.4, -0.2) is 38.3 Å². The molecule has 0 saturated carbocycles. The number of carbonyl (C=O) groups is 1. The van der Waals surface area contributed by atoms with Crippen molar-refractivity contribution in [2.45, 2.75) is 24.7 Å². The molecule has 1 aliphatic heterocycles. The number of nitrogens with zero attached hydrogens (tertiary/aromatic N) is 1. The standard InChI is InChI=1S/C14H19ClFN3O3S/c1-9(20)18-13-7-12(16)14(6-11(13)15)23(21,22)19-4-2-10(8-17)3-5-19/h6-7,10H,2-5,8,17H2,1H3,(H,18,20). The van der Waals surface area contributed by atoms with Crippen LogP contribution in [0.2, 0.25) is 5.02 Å². The van der Waals surface area contributed by atoms with E-state index in [4.69, 9.17) is 17.3 Å². The van der Waals surface area contributed by atoms with E-state index >= 15 is 0 Å². The van der Waals surface area contributed by atoms with Crippen LogP contribution in [0.5, 0.6) is 0 Å². The van der Waals surface area contributed by atoms with Crippen LogP contribution in [0.25, 0.3) is 0 Å². The highest BCUT2D eigenvalue weighted by Crippen LogP contribution is 2.31. The number of sulfonamides is 1. The summed E-state index contributed by atoms with van der Waals surface area (Å²) in [5, 5.41) is 2.32. The summed E-state index contributed by atoms with van der Waals surface area (Å²) in [6, 6.07) is 1.95. The van der Waals surface area contributed by atoms with Crippen molar-refractivity contribution >= 4 is 33.2 Å². The van der Waals surface area contributed by atoms with Crippen molar-refractivity contribution in [2.24, 2.45) is 11.7 Å². The molecular weight excluding hydrogens is 345 g/mol. The molecule has 1 saturated heterocycles. The number of hydrogen-bond acceptors (Lipinski definition) is 4. The predicted molar refractivity (Wildman–Crippen MR) is 86.3 cm³/mol. The lowest BCUT2D eigenvalue weighted by molar-refractivity contribution is -0.114. The molecule has 1 aliphatic rings. The molecule has 0 spiro atoms. The molecule has 1 fully saturated rings. The van der Waals surface area contributed by atoms with Crippen LogP contribution in [-0.2, 0) is 14.8 Å². The molecule has 9 heteroatoms. The third-order valence-corrected chi connectivity index (χ3v) is 6.08. The number of piperidine rings is 1. The Morgan fingerprint density at radius 3 is 2.57 bits per heavy atom. The molecule has 1 aromatic carbocycles.